The molecule has 1 amide bonds. The van der Waals surface area contributed by atoms with E-state index in [0.29, 0.717) is 0 Å². The van der Waals surface area contributed by atoms with Gasteiger partial charge in [0, 0.05) is 38.1 Å². The van der Waals surface area contributed by atoms with E-state index >= 15 is 0 Å². The molecule has 2 rings (SSSR count). The van der Waals surface area contributed by atoms with Gasteiger partial charge in [-0.15, -0.1) is 0 Å². The summed E-state index contributed by atoms with van der Waals surface area (Å²) in [6.07, 6.45) is 4.47. The Balaban J connectivity index is 1.83. The molecule has 5 nitrogen and oxygen atoms in total. The molecule has 1 fully saturated rings. The molecule has 1 aliphatic rings. The molecule has 0 radical (unpaired) electrons. The molecule has 0 aliphatic carbocycles. The van der Waals surface area contributed by atoms with Crippen LogP contribution in [0.15, 0.2) is 18.5 Å². The first-order valence-electron chi connectivity index (χ1n) is 7.35. The highest BCUT2D eigenvalue weighted by Crippen LogP contribution is 2.20. The van der Waals surface area contributed by atoms with Crippen LogP contribution in [0.25, 0.3) is 0 Å². The van der Waals surface area contributed by atoms with E-state index in [1.54, 1.807) is 18.5 Å². The summed E-state index contributed by atoms with van der Waals surface area (Å²) < 4.78 is 0. The summed E-state index contributed by atoms with van der Waals surface area (Å²) in [5.74, 6) is 1.51. The van der Waals surface area contributed by atoms with Crippen molar-refractivity contribution in [3.05, 3.63) is 24.3 Å². The molecule has 0 aromatic carbocycles. The van der Waals surface area contributed by atoms with Crippen molar-refractivity contribution in [2.75, 3.05) is 19.6 Å². The van der Waals surface area contributed by atoms with Crippen LogP contribution in [0, 0.1) is 11.8 Å². The third kappa shape index (κ3) is 4.27. The Morgan fingerprint density at radius 2 is 1.95 bits per heavy atom. The van der Waals surface area contributed by atoms with Gasteiger partial charge in [0.25, 0.3) is 5.91 Å². The van der Waals surface area contributed by atoms with Crippen LogP contribution in [0.5, 0.6) is 0 Å². The molecule has 0 bridgehead atoms. The molecule has 1 aromatic heterocycles. The number of hydrogen-bond acceptors (Lipinski definition) is 4. The topological polar surface area (TPSA) is 58.1 Å². The molecule has 1 N–H and O–H groups in total. The highest BCUT2D eigenvalue weighted by molar-refractivity contribution is 5.90. The third-order valence-electron chi connectivity index (χ3n) is 3.62. The zero-order valence-corrected chi connectivity index (χ0v) is 12.5. The molecule has 2 heterocycles. The summed E-state index contributed by atoms with van der Waals surface area (Å²) in [7, 11) is 0. The van der Waals surface area contributed by atoms with Crippen molar-refractivity contribution in [3.8, 4) is 0 Å². The Labute approximate surface area is 120 Å². The minimum atomic E-state index is -0.198. The second kappa shape index (κ2) is 6.79. The fourth-order valence-electron chi connectivity index (χ4n) is 3.08. The number of rotatable bonds is 4. The van der Waals surface area contributed by atoms with Crippen LogP contribution in [-0.2, 0) is 0 Å². The average Bonchev–Trinajstić information content (AvgIpc) is 2.38. The highest BCUT2D eigenvalue weighted by atomic mass is 16.2. The van der Waals surface area contributed by atoms with Gasteiger partial charge in [-0.25, -0.2) is 9.97 Å². The second-order valence-electron chi connectivity index (χ2n) is 6.11. The van der Waals surface area contributed by atoms with Crippen LogP contribution in [0.3, 0.4) is 0 Å². The van der Waals surface area contributed by atoms with Crippen LogP contribution in [-0.4, -0.2) is 46.5 Å². The van der Waals surface area contributed by atoms with Crippen LogP contribution in [0.2, 0.25) is 0 Å². The lowest BCUT2D eigenvalue weighted by Crippen LogP contribution is -2.47. The maximum Gasteiger partial charge on any atom is 0.289 e. The normalized spacial score (nSPS) is 25.1. The lowest BCUT2D eigenvalue weighted by atomic mass is 9.92. The maximum absolute atomic E-state index is 12.0. The molecule has 1 aromatic rings. The molecule has 20 heavy (non-hydrogen) atoms. The Bertz CT molecular complexity index is 427. The van der Waals surface area contributed by atoms with Crippen molar-refractivity contribution in [3.63, 3.8) is 0 Å². The summed E-state index contributed by atoms with van der Waals surface area (Å²) in [4.78, 5) is 22.3. The Morgan fingerprint density at radius 1 is 1.35 bits per heavy atom. The van der Waals surface area contributed by atoms with Gasteiger partial charge < -0.3 is 10.2 Å². The summed E-state index contributed by atoms with van der Waals surface area (Å²) in [5, 5.41) is 2.97. The van der Waals surface area contributed by atoms with Gasteiger partial charge in [-0.1, -0.05) is 13.8 Å². The van der Waals surface area contributed by atoms with Crippen molar-refractivity contribution in [2.24, 2.45) is 11.8 Å². The number of piperidine rings is 1. The van der Waals surface area contributed by atoms with Crippen LogP contribution in [0.1, 0.15) is 37.8 Å². The zero-order valence-electron chi connectivity index (χ0n) is 12.5. The second-order valence-corrected chi connectivity index (χ2v) is 6.11. The number of carbonyl (C=O) groups excluding carboxylic acids is 1. The van der Waals surface area contributed by atoms with E-state index in [4.69, 9.17) is 0 Å². The largest absolute Gasteiger partial charge is 0.346 e. The van der Waals surface area contributed by atoms with E-state index in [2.05, 4.69) is 34.0 Å². The van der Waals surface area contributed by atoms with E-state index in [9.17, 15) is 4.79 Å². The first kappa shape index (κ1) is 14.9. The fourth-order valence-corrected chi connectivity index (χ4v) is 3.08. The molecule has 0 spiro atoms. The summed E-state index contributed by atoms with van der Waals surface area (Å²) in [6, 6.07) is 1.81. The minimum Gasteiger partial charge on any atom is -0.346 e. The van der Waals surface area contributed by atoms with Gasteiger partial charge >= 0.3 is 0 Å². The van der Waals surface area contributed by atoms with Crippen molar-refractivity contribution in [2.45, 2.75) is 33.2 Å². The Hall–Kier alpha value is -1.49. The van der Waals surface area contributed by atoms with Gasteiger partial charge in [0.2, 0.25) is 5.82 Å². The predicted octanol–water partition coefficient (Wildman–Crippen LogP) is 1.57. The lowest BCUT2D eigenvalue weighted by Gasteiger charge is -2.36. The molecule has 1 saturated heterocycles. The van der Waals surface area contributed by atoms with Gasteiger partial charge in [0.1, 0.15) is 0 Å². The SMILES string of the molecule is C[C@@H]1C[C@H](C)CN(C[C@H](C)NC(=O)c2ncccn2)C1. The monoisotopic (exact) mass is 276 g/mol. The smallest absolute Gasteiger partial charge is 0.289 e. The molecule has 1 aliphatic heterocycles. The van der Waals surface area contributed by atoms with E-state index in [1.165, 1.54) is 6.42 Å². The quantitative estimate of drug-likeness (QED) is 0.907. The molecule has 0 unspecified atom stereocenters. The van der Waals surface area contributed by atoms with Crippen molar-refractivity contribution >= 4 is 5.91 Å². The van der Waals surface area contributed by atoms with Crippen LogP contribution >= 0.6 is 0 Å². The first-order chi connectivity index (χ1) is 9.54. The fraction of sp³-hybridized carbons (Fsp3) is 0.667. The van der Waals surface area contributed by atoms with Crippen LogP contribution in [0.4, 0.5) is 0 Å². The van der Waals surface area contributed by atoms with E-state index < -0.39 is 0 Å². The van der Waals surface area contributed by atoms with E-state index in [1.807, 2.05) is 6.92 Å². The predicted molar refractivity (Wildman–Crippen MR) is 78.3 cm³/mol. The zero-order chi connectivity index (χ0) is 14.5. The Kier molecular flexibility index (Phi) is 5.06. The molecule has 3 atom stereocenters. The van der Waals surface area contributed by atoms with Gasteiger partial charge in [-0.05, 0) is 31.2 Å². The lowest BCUT2D eigenvalue weighted by molar-refractivity contribution is 0.0895. The van der Waals surface area contributed by atoms with Crippen LogP contribution < -0.4 is 5.32 Å². The van der Waals surface area contributed by atoms with Gasteiger partial charge in [-0.2, -0.15) is 0 Å². The summed E-state index contributed by atoms with van der Waals surface area (Å²) in [6.45, 7) is 9.74. The highest BCUT2D eigenvalue weighted by Gasteiger charge is 2.23. The number of nitrogens with zero attached hydrogens (tertiary/aromatic N) is 3. The van der Waals surface area contributed by atoms with Gasteiger partial charge in [0.15, 0.2) is 0 Å². The summed E-state index contributed by atoms with van der Waals surface area (Å²) in [5.41, 5.74) is 0. The van der Waals surface area contributed by atoms with E-state index in [0.717, 1.165) is 31.5 Å². The van der Waals surface area contributed by atoms with E-state index in [-0.39, 0.29) is 17.8 Å². The van der Waals surface area contributed by atoms with Gasteiger partial charge in [0.05, 0.1) is 0 Å². The molecule has 110 valence electrons. The molecular formula is C15H24N4O. The van der Waals surface area contributed by atoms with Crippen molar-refractivity contribution in [1.82, 2.24) is 20.2 Å². The number of likely N-dealkylation sites (tertiary alicyclic amines) is 1. The standard InChI is InChI=1S/C15H24N4O/c1-11-7-12(2)9-19(8-11)10-13(3)18-15(20)14-16-5-4-6-17-14/h4-6,11-13H,7-10H2,1-3H3,(H,18,20)/t11-,12+,13-/m0/s1. The molecule has 0 saturated carbocycles. The third-order valence-corrected chi connectivity index (χ3v) is 3.62. The first-order valence-corrected chi connectivity index (χ1v) is 7.35. The van der Waals surface area contributed by atoms with Gasteiger partial charge in [-0.3, -0.25) is 4.79 Å². The Morgan fingerprint density at radius 3 is 2.55 bits per heavy atom. The summed E-state index contributed by atoms with van der Waals surface area (Å²) >= 11 is 0. The molecule has 5 heteroatoms. The molecular weight excluding hydrogens is 252 g/mol. The minimum absolute atomic E-state index is 0.101. The number of nitrogens with one attached hydrogen (secondary N) is 1. The van der Waals surface area contributed by atoms with Crippen molar-refractivity contribution in [1.29, 1.82) is 0 Å². The number of amides is 1. The maximum atomic E-state index is 12.0. The number of aromatic nitrogens is 2. The average molecular weight is 276 g/mol. The number of hydrogen-bond donors (Lipinski definition) is 1. The van der Waals surface area contributed by atoms with Crippen molar-refractivity contribution < 1.29 is 4.79 Å². The number of carbonyl (C=O) groups is 1.